The number of amides is 1. The van der Waals surface area contributed by atoms with Gasteiger partial charge in [0.05, 0.1) is 12.1 Å². The Labute approximate surface area is 191 Å². The molecule has 9 heteroatoms. The zero-order valence-electron chi connectivity index (χ0n) is 17.5. The van der Waals surface area contributed by atoms with Gasteiger partial charge in [-0.1, -0.05) is 42.1 Å². The number of thioether (sulfide) groups is 2. The smallest absolute Gasteiger partial charge is 0.242 e. The molecule has 1 aromatic carbocycles. The van der Waals surface area contributed by atoms with E-state index in [4.69, 9.17) is 17.3 Å². The van der Waals surface area contributed by atoms with Gasteiger partial charge in [0.2, 0.25) is 11.6 Å². The highest BCUT2D eigenvalue weighted by atomic mass is 32.2. The Morgan fingerprint density at radius 2 is 2.03 bits per heavy atom. The molecule has 1 saturated heterocycles. The van der Waals surface area contributed by atoms with Crippen LogP contribution in [0.2, 0.25) is 0 Å². The number of nitrogens with two attached hydrogens (primary N) is 1. The number of hydrogen-bond acceptors (Lipinski definition) is 7. The number of nitriles is 1. The molecule has 7 nitrogen and oxygen atoms in total. The van der Waals surface area contributed by atoms with Crippen LogP contribution >= 0.6 is 23.5 Å². The minimum atomic E-state index is -0.683. The van der Waals surface area contributed by atoms with Crippen molar-refractivity contribution in [3.05, 3.63) is 52.9 Å². The monoisotopic (exact) mass is 452 g/mol. The molecule has 1 aliphatic heterocycles. The highest BCUT2D eigenvalue weighted by Gasteiger charge is 2.28. The Bertz CT molecular complexity index is 1030. The zero-order chi connectivity index (χ0) is 22.4. The van der Waals surface area contributed by atoms with Crippen molar-refractivity contribution in [2.75, 3.05) is 44.4 Å². The lowest BCUT2D eigenvalue weighted by atomic mass is 10.1. The van der Waals surface area contributed by atoms with E-state index < -0.39 is 11.2 Å². The summed E-state index contributed by atoms with van der Waals surface area (Å²) < 4.78 is 0. The highest BCUT2D eigenvalue weighted by molar-refractivity contribution is 8.00. The number of rotatable bonds is 6. The van der Waals surface area contributed by atoms with Gasteiger partial charge in [0.1, 0.15) is 22.2 Å². The molecular formula is C22H24N6OS2. The van der Waals surface area contributed by atoms with Gasteiger partial charge in [-0.25, -0.2) is 9.83 Å². The van der Waals surface area contributed by atoms with Gasteiger partial charge in [-0.2, -0.15) is 5.26 Å². The van der Waals surface area contributed by atoms with E-state index in [9.17, 15) is 10.1 Å². The standard InChI is InChI=1S/C22H24N6OS2/c1-25-17-19(30-3)16(14-23)22(26-21(17)28-11-7-10-27(2)12-13-28)31-18(20(24)29)15-8-5-4-6-9-15/h4-6,8-9,18H,7,10-13H2,2-3H3,(H2,24,29). The fraction of sp³-hybridized carbons (Fsp3) is 0.364. The number of nitrogens with zero attached hydrogens (tertiary/aromatic N) is 5. The van der Waals surface area contributed by atoms with Crippen LogP contribution in [0.4, 0.5) is 11.5 Å². The number of anilines is 1. The van der Waals surface area contributed by atoms with Crippen molar-refractivity contribution in [3.8, 4) is 6.07 Å². The molecular weight excluding hydrogens is 428 g/mol. The lowest BCUT2D eigenvalue weighted by Crippen LogP contribution is -2.29. The van der Waals surface area contributed by atoms with Crippen LogP contribution in [-0.4, -0.2) is 55.3 Å². The summed E-state index contributed by atoms with van der Waals surface area (Å²) in [6, 6.07) is 11.4. The first-order valence-electron chi connectivity index (χ1n) is 9.84. The number of pyridine rings is 1. The Balaban J connectivity index is 2.12. The summed E-state index contributed by atoms with van der Waals surface area (Å²) in [5.74, 6) is 0.0761. The third-order valence-electron chi connectivity index (χ3n) is 5.11. The topological polar surface area (TPSA) is 90.6 Å². The number of carbonyl (C=O) groups excluding carboxylic acids is 1. The predicted octanol–water partition coefficient (Wildman–Crippen LogP) is 3.69. The highest BCUT2D eigenvalue weighted by Crippen LogP contribution is 2.45. The van der Waals surface area contributed by atoms with Crippen molar-refractivity contribution in [2.45, 2.75) is 21.6 Å². The van der Waals surface area contributed by atoms with E-state index in [1.807, 2.05) is 36.6 Å². The van der Waals surface area contributed by atoms with E-state index >= 15 is 0 Å². The molecule has 1 unspecified atom stereocenters. The average molecular weight is 453 g/mol. The van der Waals surface area contributed by atoms with Gasteiger partial charge in [0.15, 0.2) is 0 Å². The van der Waals surface area contributed by atoms with E-state index in [0.29, 0.717) is 27.0 Å². The van der Waals surface area contributed by atoms with Crippen molar-refractivity contribution in [1.82, 2.24) is 9.88 Å². The molecule has 0 bridgehead atoms. The Morgan fingerprint density at radius 3 is 2.65 bits per heavy atom. The van der Waals surface area contributed by atoms with Crippen molar-refractivity contribution in [3.63, 3.8) is 0 Å². The number of carbonyl (C=O) groups is 1. The third-order valence-corrected chi connectivity index (χ3v) is 7.18. The largest absolute Gasteiger partial charge is 0.368 e. The average Bonchev–Trinajstić information content (AvgIpc) is 3.00. The quantitative estimate of drug-likeness (QED) is 0.528. The summed E-state index contributed by atoms with van der Waals surface area (Å²) in [5.41, 5.74) is 7.18. The molecule has 1 amide bonds. The van der Waals surface area contributed by atoms with Crippen LogP contribution in [0.25, 0.3) is 4.85 Å². The summed E-state index contributed by atoms with van der Waals surface area (Å²) >= 11 is 2.53. The lowest BCUT2D eigenvalue weighted by Gasteiger charge is -2.25. The SMILES string of the molecule is [C-]#[N+]c1c(N2CCCN(C)CC2)nc(SC(C(N)=O)c2ccccc2)c(C#N)c1SC. The maximum atomic E-state index is 12.3. The molecule has 160 valence electrons. The summed E-state index contributed by atoms with van der Waals surface area (Å²) in [5, 5.41) is 9.64. The molecule has 1 fully saturated rings. The van der Waals surface area contributed by atoms with Gasteiger partial charge in [0.25, 0.3) is 0 Å². The van der Waals surface area contributed by atoms with Crippen LogP contribution < -0.4 is 10.6 Å². The zero-order valence-corrected chi connectivity index (χ0v) is 19.2. The summed E-state index contributed by atoms with van der Waals surface area (Å²) in [6.07, 6.45) is 2.81. The maximum Gasteiger partial charge on any atom is 0.242 e. The number of likely N-dealkylation sites (N-methyl/N-ethyl adjacent to an activating group) is 1. The number of aromatic nitrogens is 1. The Kier molecular flexibility index (Phi) is 7.80. The van der Waals surface area contributed by atoms with Gasteiger partial charge < -0.3 is 15.5 Å². The first-order valence-corrected chi connectivity index (χ1v) is 11.9. The second-order valence-electron chi connectivity index (χ2n) is 7.18. The molecule has 0 spiro atoms. The molecule has 1 aromatic heterocycles. The fourth-order valence-corrected chi connectivity index (χ4v) is 5.29. The van der Waals surface area contributed by atoms with Gasteiger partial charge in [0, 0.05) is 24.5 Å². The number of primary amides is 1. The molecule has 0 radical (unpaired) electrons. The van der Waals surface area contributed by atoms with Crippen molar-refractivity contribution < 1.29 is 4.79 Å². The molecule has 1 aliphatic rings. The summed E-state index contributed by atoms with van der Waals surface area (Å²) in [7, 11) is 2.08. The molecule has 2 aromatic rings. The number of benzene rings is 1. The normalized spacial score (nSPS) is 15.5. The minimum absolute atomic E-state index is 0.321. The van der Waals surface area contributed by atoms with Crippen LogP contribution in [-0.2, 0) is 4.79 Å². The number of hydrogen-bond donors (Lipinski definition) is 1. The summed E-state index contributed by atoms with van der Waals surface area (Å²) in [6.45, 7) is 11.1. The second-order valence-corrected chi connectivity index (χ2v) is 9.09. The lowest BCUT2D eigenvalue weighted by molar-refractivity contribution is -0.117. The van der Waals surface area contributed by atoms with Crippen molar-refractivity contribution in [2.24, 2.45) is 5.73 Å². The first-order chi connectivity index (χ1) is 15.0. The van der Waals surface area contributed by atoms with Gasteiger partial charge >= 0.3 is 0 Å². The van der Waals surface area contributed by atoms with E-state index in [1.165, 1.54) is 23.5 Å². The van der Waals surface area contributed by atoms with Crippen LogP contribution in [0.3, 0.4) is 0 Å². The molecule has 0 aliphatic carbocycles. The molecule has 2 heterocycles. The molecule has 31 heavy (non-hydrogen) atoms. The predicted molar refractivity (Wildman–Crippen MR) is 126 cm³/mol. The molecule has 1 atom stereocenters. The van der Waals surface area contributed by atoms with Crippen molar-refractivity contribution >= 4 is 40.9 Å². The Hall–Kier alpha value is -2.72. The third kappa shape index (κ3) is 5.13. The van der Waals surface area contributed by atoms with Crippen LogP contribution in [0.1, 0.15) is 22.8 Å². The maximum absolute atomic E-state index is 12.3. The molecule has 0 saturated carbocycles. The molecule has 2 N–H and O–H groups in total. The van der Waals surface area contributed by atoms with Crippen LogP contribution in [0, 0.1) is 17.9 Å². The second kappa shape index (κ2) is 10.5. The molecule has 3 rings (SSSR count). The van der Waals surface area contributed by atoms with Gasteiger partial charge in [-0.05, 0) is 31.8 Å². The van der Waals surface area contributed by atoms with E-state index in [1.54, 1.807) is 0 Å². The van der Waals surface area contributed by atoms with Gasteiger partial charge in [-0.15, -0.1) is 11.8 Å². The van der Waals surface area contributed by atoms with E-state index in [0.717, 1.165) is 38.2 Å². The van der Waals surface area contributed by atoms with Gasteiger partial charge in [-0.3, -0.25) is 4.79 Å². The van der Waals surface area contributed by atoms with E-state index in [2.05, 4.69) is 27.8 Å². The minimum Gasteiger partial charge on any atom is -0.368 e. The van der Waals surface area contributed by atoms with Crippen LogP contribution in [0.15, 0.2) is 40.3 Å². The van der Waals surface area contributed by atoms with E-state index in [-0.39, 0.29) is 0 Å². The summed E-state index contributed by atoms with van der Waals surface area (Å²) in [4.78, 5) is 25.8. The first kappa shape index (κ1) is 23.0. The Morgan fingerprint density at radius 1 is 1.29 bits per heavy atom. The van der Waals surface area contributed by atoms with Crippen molar-refractivity contribution in [1.29, 1.82) is 5.26 Å². The fourth-order valence-electron chi connectivity index (χ4n) is 3.51. The van der Waals surface area contributed by atoms with Crippen LogP contribution in [0.5, 0.6) is 0 Å².